The summed E-state index contributed by atoms with van der Waals surface area (Å²) in [6, 6.07) is 0. The van der Waals surface area contributed by atoms with E-state index < -0.39 is 0 Å². The first-order valence-electron chi connectivity index (χ1n) is 3.78. The lowest BCUT2D eigenvalue weighted by Crippen LogP contribution is -1.65. The van der Waals surface area contributed by atoms with Crippen LogP contribution in [0, 0.1) is 0 Å². The average Bonchev–Trinajstić information content (AvgIpc) is 1.97. The number of allylic oxidation sites excluding steroid dienone is 4. The van der Waals surface area contributed by atoms with Crippen LogP contribution in [0.2, 0.25) is 0 Å². The summed E-state index contributed by atoms with van der Waals surface area (Å²) in [5.41, 5.74) is 0. The van der Waals surface area contributed by atoms with Crippen molar-refractivity contribution in [1.29, 1.82) is 0 Å². The average molecular weight is 136 g/mol. The summed E-state index contributed by atoms with van der Waals surface area (Å²) < 4.78 is 0. The van der Waals surface area contributed by atoms with E-state index in [1.54, 1.807) is 0 Å². The van der Waals surface area contributed by atoms with E-state index in [2.05, 4.69) is 25.3 Å². The van der Waals surface area contributed by atoms with E-state index in [0.717, 1.165) is 25.7 Å². The van der Waals surface area contributed by atoms with Crippen molar-refractivity contribution in [3.05, 3.63) is 37.5 Å². The Kier molecular flexibility index (Phi) is 7.58. The van der Waals surface area contributed by atoms with Crippen molar-refractivity contribution in [2.45, 2.75) is 25.7 Å². The SMILES string of the molecule is C=CCCC=CCCC=C. The number of unbranched alkanes of at least 4 members (excludes halogenated alkanes) is 2. The molecule has 0 spiro atoms. The van der Waals surface area contributed by atoms with Crippen molar-refractivity contribution in [1.82, 2.24) is 0 Å². The van der Waals surface area contributed by atoms with Crippen LogP contribution in [0.25, 0.3) is 0 Å². The van der Waals surface area contributed by atoms with Gasteiger partial charge in [-0.3, -0.25) is 0 Å². The highest BCUT2D eigenvalue weighted by molar-refractivity contribution is 4.86. The maximum absolute atomic E-state index is 3.64. The standard InChI is InChI=1S/C10H16/c1-3-5-7-9-10-8-6-4-2/h3-4,9-10H,1-2,5-8H2. The molecule has 0 saturated carbocycles. The third-order valence-corrected chi connectivity index (χ3v) is 1.24. The Hall–Kier alpha value is -0.780. The Balaban J connectivity index is 3.03. The lowest BCUT2D eigenvalue weighted by molar-refractivity contribution is 1.01. The van der Waals surface area contributed by atoms with Crippen LogP contribution < -0.4 is 0 Å². The molecule has 0 aromatic rings. The molecule has 0 aromatic heterocycles. The van der Waals surface area contributed by atoms with E-state index in [1.807, 2.05) is 12.2 Å². The minimum atomic E-state index is 1.09. The molecule has 10 heavy (non-hydrogen) atoms. The first kappa shape index (κ1) is 9.22. The summed E-state index contributed by atoms with van der Waals surface area (Å²) in [6.07, 6.45) is 12.7. The number of hydrogen-bond acceptors (Lipinski definition) is 0. The first-order valence-corrected chi connectivity index (χ1v) is 3.78. The Morgan fingerprint density at radius 2 is 1.10 bits per heavy atom. The zero-order valence-corrected chi connectivity index (χ0v) is 6.55. The molecule has 0 amide bonds. The van der Waals surface area contributed by atoms with E-state index in [9.17, 15) is 0 Å². The molecular weight excluding hydrogens is 120 g/mol. The molecule has 0 atom stereocenters. The molecule has 0 saturated heterocycles. The van der Waals surface area contributed by atoms with E-state index in [1.165, 1.54) is 0 Å². The summed E-state index contributed by atoms with van der Waals surface area (Å²) in [6.45, 7) is 7.29. The molecule has 56 valence electrons. The molecule has 0 nitrogen and oxygen atoms in total. The van der Waals surface area contributed by atoms with Gasteiger partial charge in [-0.1, -0.05) is 24.3 Å². The highest BCUT2D eigenvalue weighted by atomic mass is 13.8. The fraction of sp³-hybridized carbons (Fsp3) is 0.400. The van der Waals surface area contributed by atoms with Crippen LogP contribution in [0.15, 0.2) is 37.5 Å². The molecule has 0 aliphatic rings. The maximum atomic E-state index is 3.64. The molecule has 0 aromatic carbocycles. The van der Waals surface area contributed by atoms with E-state index in [-0.39, 0.29) is 0 Å². The lowest BCUT2D eigenvalue weighted by atomic mass is 10.2. The van der Waals surface area contributed by atoms with Gasteiger partial charge in [0.1, 0.15) is 0 Å². The van der Waals surface area contributed by atoms with Gasteiger partial charge in [0.2, 0.25) is 0 Å². The van der Waals surface area contributed by atoms with Gasteiger partial charge in [0, 0.05) is 0 Å². The van der Waals surface area contributed by atoms with Crippen LogP contribution in [-0.2, 0) is 0 Å². The molecule has 0 unspecified atom stereocenters. The Labute approximate surface area is 64.0 Å². The third kappa shape index (κ3) is 7.22. The van der Waals surface area contributed by atoms with E-state index in [4.69, 9.17) is 0 Å². The predicted molar refractivity (Wildman–Crippen MR) is 48.0 cm³/mol. The normalized spacial score (nSPS) is 10.0. The Morgan fingerprint density at radius 3 is 1.40 bits per heavy atom. The van der Waals surface area contributed by atoms with Crippen LogP contribution in [-0.4, -0.2) is 0 Å². The van der Waals surface area contributed by atoms with Gasteiger partial charge < -0.3 is 0 Å². The van der Waals surface area contributed by atoms with Crippen molar-refractivity contribution in [3.63, 3.8) is 0 Å². The van der Waals surface area contributed by atoms with Crippen molar-refractivity contribution in [2.24, 2.45) is 0 Å². The zero-order chi connectivity index (χ0) is 7.66. The highest BCUT2D eigenvalue weighted by Crippen LogP contribution is 1.95. The number of hydrogen-bond donors (Lipinski definition) is 0. The molecule has 0 fully saturated rings. The van der Waals surface area contributed by atoms with Crippen LogP contribution in [0.3, 0.4) is 0 Å². The van der Waals surface area contributed by atoms with Gasteiger partial charge in [-0.2, -0.15) is 0 Å². The summed E-state index contributed by atoms with van der Waals surface area (Å²) in [5, 5.41) is 0. The van der Waals surface area contributed by atoms with Gasteiger partial charge in [-0.25, -0.2) is 0 Å². The van der Waals surface area contributed by atoms with Crippen LogP contribution in [0.4, 0.5) is 0 Å². The molecule has 0 heteroatoms. The fourth-order valence-electron chi connectivity index (χ4n) is 0.664. The molecule has 0 aliphatic carbocycles. The Bertz CT molecular complexity index is 95.2. The largest absolute Gasteiger partial charge is 0.103 e. The second-order valence-electron chi connectivity index (χ2n) is 2.20. The highest BCUT2D eigenvalue weighted by Gasteiger charge is 1.75. The summed E-state index contributed by atoms with van der Waals surface area (Å²) in [4.78, 5) is 0. The van der Waals surface area contributed by atoms with Crippen LogP contribution >= 0.6 is 0 Å². The zero-order valence-electron chi connectivity index (χ0n) is 6.55. The van der Waals surface area contributed by atoms with Crippen LogP contribution in [0.1, 0.15) is 25.7 Å². The van der Waals surface area contributed by atoms with Crippen molar-refractivity contribution in [2.75, 3.05) is 0 Å². The molecule has 0 N–H and O–H groups in total. The van der Waals surface area contributed by atoms with Crippen molar-refractivity contribution < 1.29 is 0 Å². The molecule has 0 rings (SSSR count). The van der Waals surface area contributed by atoms with Gasteiger partial charge in [0.25, 0.3) is 0 Å². The van der Waals surface area contributed by atoms with E-state index >= 15 is 0 Å². The quantitative estimate of drug-likeness (QED) is 0.387. The third-order valence-electron chi connectivity index (χ3n) is 1.24. The van der Waals surface area contributed by atoms with Crippen molar-refractivity contribution in [3.8, 4) is 0 Å². The minimum Gasteiger partial charge on any atom is -0.103 e. The van der Waals surface area contributed by atoms with E-state index in [0.29, 0.717) is 0 Å². The first-order chi connectivity index (χ1) is 4.91. The van der Waals surface area contributed by atoms with Gasteiger partial charge in [-0.05, 0) is 25.7 Å². The molecular formula is C10H16. The van der Waals surface area contributed by atoms with Gasteiger partial charge >= 0.3 is 0 Å². The summed E-state index contributed by atoms with van der Waals surface area (Å²) in [7, 11) is 0. The van der Waals surface area contributed by atoms with Crippen molar-refractivity contribution >= 4 is 0 Å². The second kappa shape index (κ2) is 8.22. The molecule has 0 aliphatic heterocycles. The monoisotopic (exact) mass is 136 g/mol. The minimum absolute atomic E-state index is 1.09. The Morgan fingerprint density at radius 1 is 0.700 bits per heavy atom. The second-order valence-corrected chi connectivity index (χ2v) is 2.20. The van der Waals surface area contributed by atoms with Crippen LogP contribution in [0.5, 0.6) is 0 Å². The number of rotatable bonds is 6. The lowest BCUT2D eigenvalue weighted by Gasteiger charge is -1.85. The topological polar surface area (TPSA) is 0 Å². The maximum Gasteiger partial charge on any atom is -0.0316 e. The fourth-order valence-corrected chi connectivity index (χ4v) is 0.664. The summed E-state index contributed by atoms with van der Waals surface area (Å²) in [5.74, 6) is 0. The van der Waals surface area contributed by atoms with Gasteiger partial charge in [0.15, 0.2) is 0 Å². The molecule has 0 radical (unpaired) electrons. The van der Waals surface area contributed by atoms with Gasteiger partial charge in [-0.15, -0.1) is 13.2 Å². The summed E-state index contributed by atoms with van der Waals surface area (Å²) >= 11 is 0. The molecule has 0 heterocycles. The smallest absolute Gasteiger partial charge is 0.0316 e. The van der Waals surface area contributed by atoms with Gasteiger partial charge in [0.05, 0.1) is 0 Å². The molecule has 0 bridgehead atoms. The predicted octanol–water partition coefficient (Wildman–Crippen LogP) is 3.48.